The number of ether oxygens (including phenoxy) is 1. The van der Waals surface area contributed by atoms with Gasteiger partial charge < -0.3 is 10.1 Å². The summed E-state index contributed by atoms with van der Waals surface area (Å²) in [6.07, 6.45) is 2.29. The predicted octanol–water partition coefficient (Wildman–Crippen LogP) is 3.07. The Bertz CT molecular complexity index is 340. The maximum atomic E-state index is 5.12. The smallest absolute Gasteiger partial charge is 0.0517 e. The lowest BCUT2D eigenvalue weighted by molar-refractivity contribution is 0.178. The van der Waals surface area contributed by atoms with Crippen molar-refractivity contribution in [2.24, 2.45) is 5.92 Å². The molecule has 1 N–H and O–H groups in total. The van der Waals surface area contributed by atoms with Gasteiger partial charge in [-0.3, -0.25) is 0 Å². The molecule has 0 fully saturated rings. The average Bonchev–Trinajstić information content (AvgIpc) is 2.26. The van der Waals surface area contributed by atoms with E-state index in [0.717, 1.165) is 26.0 Å². The summed E-state index contributed by atoms with van der Waals surface area (Å²) >= 11 is 3.57. The lowest BCUT2D eigenvalue weighted by atomic mass is 9.92. The lowest BCUT2D eigenvalue weighted by Gasteiger charge is -2.26. The highest BCUT2D eigenvalue weighted by Gasteiger charge is 2.18. The summed E-state index contributed by atoms with van der Waals surface area (Å²) in [6.45, 7) is 1.91. The Hall–Kier alpha value is -0.540. The monoisotopic (exact) mass is 269 g/mol. The molecule has 0 amide bonds. The van der Waals surface area contributed by atoms with Crippen LogP contribution in [0.15, 0.2) is 22.7 Å². The van der Waals surface area contributed by atoms with E-state index >= 15 is 0 Å². The zero-order valence-corrected chi connectivity index (χ0v) is 10.5. The van der Waals surface area contributed by atoms with Gasteiger partial charge in [0.1, 0.15) is 0 Å². The lowest BCUT2D eigenvalue weighted by Crippen LogP contribution is -2.24. The second-order valence-corrected chi connectivity index (χ2v) is 4.86. The Kier molecular flexibility index (Phi) is 3.65. The number of para-hydroxylation sites is 1. The fourth-order valence-electron chi connectivity index (χ4n) is 2.06. The highest BCUT2D eigenvalue weighted by molar-refractivity contribution is 9.10. The Morgan fingerprint density at radius 3 is 3.20 bits per heavy atom. The molecule has 15 heavy (non-hydrogen) atoms. The van der Waals surface area contributed by atoms with Gasteiger partial charge in [0.25, 0.3) is 0 Å². The summed E-state index contributed by atoms with van der Waals surface area (Å²) in [5, 5.41) is 3.49. The van der Waals surface area contributed by atoms with Gasteiger partial charge in [0.15, 0.2) is 0 Å². The first-order valence-electron chi connectivity index (χ1n) is 5.31. The maximum absolute atomic E-state index is 5.12. The Morgan fingerprint density at radius 2 is 2.40 bits per heavy atom. The molecule has 0 radical (unpaired) electrons. The van der Waals surface area contributed by atoms with Crippen molar-refractivity contribution in [2.45, 2.75) is 12.8 Å². The molecule has 0 aromatic heterocycles. The Morgan fingerprint density at radius 1 is 1.53 bits per heavy atom. The molecule has 3 heteroatoms. The van der Waals surface area contributed by atoms with Gasteiger partial charge >= 0.3 is 0 Å². The normalized spacial score (nSPS) is 19.5. The molecule has 1 heterocycles. The molecule has 0 aliphatic carbocycles. The molecular formula is C12H16BrNO. The van der Waals surface area contributed by atoms with E-state index in [9.17, 15) is 0 Å². The minimum atomic E-state index is 0.701. The second kappa shape index (κ2) is 4.99. The average molecular weight is 270 g/mol. The highest BCUT2D eigenvalue weighted by Crippen LogP contribution is 2.32. The topological polar surface area (TPSA) is 21.3 Å². The standard InChI is InChI=1S/C12H16BrNO/c1-15-6-5-9-7-10-3-2-4-11(13)12(10)14-8-9/h2-4,9,14H,5-8H2,1H3. The molecule has 0 spiro atoms. The number of benzene rings is 1. The predicted molar refractivity (Wildman–Crippen MR) is 66.3 cm³/mol. The third-order valence-electron chi connectivity index (χ3n) is 2.91. The molecule has 0 saturated heterocycles. The van der Waals surface area contributed by atoms with Gasteiger partial charge in [-0.15, -0.1) is 0 Å². The minimum Gasteiger partial charge on any atom is -0.385 e. The Balaban J connectivity index is 2.07. The number of methoxy groups -OCH3 is 1. The van der Waals surface area contributed by atoms with Crippen LogP contribution in [0.3, 0.4) is 0 Å². The van der Waals surface area contributed by atoms with Crippen molar-refractivity contribution in [1.82, 2.24) is 0 Å². The number of rotatable bonds is 3. The number of fused-ring (bicyclic) bond motifs is 1. The molecular weight excluding hydrogens is 254 g/mol. The minimum absolute atomic E-state index is 0.701. The number of hydrogen-bond donors (Lipinski definition) is 1. The molecule has 0 saturated carbocycles. The molecule has 1 aromatic carbocycles. The number of hydrogen-bond acceptors (Lipinski definition) is 2. The molecule has 82 valence electrons. The summed E-state index contributed by atoms with van der Waals surface area (Å²) in [7, 11) is 1.76. The van der Waals surface area contributed by atoms with Crippen LogP contribution in [-0.4, -0.2) is 20.3 Å². The van der Waals surface area contributed by atoms with Crippen LogP contribution in [0.25, 0.3) is 0 Å². The van der Waals surface area contributed by atoms with Crippen LogP contribution in [0, 0.1) is 5.92 Å². The van der Waals surface area contributed by atoms with Crippen LogP contribution in [0.2, 0.25) is 0 Å². The largest absolute Gasteiger partial charge is 0.385 e. The number of anilines is 1. The van der Waals surface area contributed by atoms with Crippen molar-refractivity contribution in [2.75, 3.05) is 25.6 Å². The summed E-state index contributed by atoms with van der Waals surface area (Å²) in [5.41, 5.74) is 2.68. The van der Waals surface area contributed by atoms with Gasteiger partial charge in [-0.25, -0.2) is 0 Å². The number of halogens is 1. The van der Waals surface area contributed by atoms with Crippen molar-refractivity contribution in [3.8, 4) is 0 Å². The van der Waals surface area contributed by atoms with Gasteiger partial charge in [-0.1, -0.05) is 12.1 Å². The van der Waals surface area contributed by atoms with Crippen LogP contribution >= 0.6 is 15.9 Å². The summed E-state index contributed by atoms with van der Waals surface area (Å²) < 4.78 is 6.29. The first kappa shape index (κ1) is 11.0. The molecule has 1 unspecified atom stereocenters. The van der Waals surface area contributed by atoms with Crippen LogP contribution in [-0.2, 0) is 11.2 Å². The van der Waals surface area contributed by atoms with E-state index < -0.39 is 0 Å². The van der Waals surface area contributed by atoms with Gasteiger partial charge in [0.05, 0.1) is 5.69 Å². The van der Waals surface area contributed by atoms with Gasteiger partial charge in [-0.05, 0) is 46.3 Å². The quantitative estimate of drug-likeness (QED) is 0.911. The third kappa shape index (κ3) is 2.52. The van der Waals surface area contributed by atoms with Crippen molar-refractivity contribution in [1.29, 1.82) is 0 Å². The van der Waals surface area contributed by atoms with Crippen molar-refractivity contribution in [3.63, 3.8) is 0 Å². The van der Waals surface area contributed by atoms with E-state index in [1.807, 2.05) is 0 Å². The summed E-state index contributed by atoms with van der Waals surface area (Å²) in [4.78, 5) is 0. The fraction of sp³-hybridized carbons (Fsp3) is 0.500. The first-order chi connectivity index (χ1) is 7.31. The highest BCUT2D eigenvalue weighted by atomic mass is 79.9. The van der Waals surface area contributed by atoms with E-state index in [1.165, 1.54) is 15.7 Å². The van der Waals surface area contributed by atoms with Crippen molar-refractivity contribution < 1.29 is 4.74 Å². The maximum Gasteiger partial charge on any atom is 0.0517 e. The molecule has 0 bridgehead atoms. The third-order valence-corrected chi connectivity index (χ3v) is 3.57. The van der Waals surface area contributed by atoms with E-state index in [4.69, 9.17) is 4.74 Å². The molecule has 1 aliphatic rings. The summed E-state index contributed by atoms with van der Waals surface area (Å²) in [5.74, 6) is 0.701. The van der Waals surface area contributed by atoms with Gasteiger partial charge in [-0.2, -0.15) is 0 Å². The zero-order valence-electron chi connectivity index (χ0n) is 8.92. The van der Waals surface area contributed by atoms with E-state index in [2.05, 4.69) is 39.4 Å². The molecule has 1 atom stereocenters. The fourth-order valence-corrected chi connectivity index (χ4v) is 2.60. The molecule has 2 nitrogen and oxygen atoms in total. The Labute approximate surface area is 99.1 Å². The van der Waals surface area contributed by atoms with Crippen molar-refractivity contribution >= 4 is 21.6 Å². The van der Waals surface area contributed by atoms with Crippen molar-refractivity contribution in [3.05, 3.63) is 28.2 Å². The van der Waals surface area contributed by atoms with E-state index in [0.29, 0.717) is 5.92 Å². The van der Waals surface area contributed by atoms with E-state index in [-0.39, 0.29) is 0 Å². The molecule has 2 rings (SSSR count). The molecule has 1 aliphatic heterocycles. The van der Waals surface area contributed by atoms with Crippen LogP contribution in [0.5, 0.6) is 0 Å². The molecule has 1 aromatic rings. The first-order valence-corrected chi connectivity index (χ1v) is 6.10. The number of nitrogens with one attached hydrogen (secondary N) is 1. The van der Waals surface area contributed by atoms with Crippen LogP contribution in [0.1, 0.15) is 12.0 Å². The zero-order chi connectivity index (χ0) is 10.7. The van der Waals surface area contributed by atoms with Gasteiger partial charge in [0.2, 0.25) is 0 Å². The van der Waals surface area contributed by atoms with Crippen LogP contribution in [0.4, 0.5) is 5.69 Å². The summed E-state index contributed by atoms with van der Waals surface area (Å²) in [6, 6.07) is 6.39. The van der Waals surface area contributed by atoms with Crippen LogP contribution < -0.4 is 5.32 Å². The SMILES string of the molecule is COCCC1CNc2c(Br)cccc2C1. The van der Waals surface area contributed by atoms with Gasteiger partial charge in [0, 0.05) is 24.7 Å². The van der Waals surface area contributed by atoms with E-state index in [1.54, 1.807) is 7.11 Å². The second-order valence-electron chi connectivity index (χ2n) is 4.01.